The van der Waals surface area contributed by atoms with Gasteiger partial charge in [-0.2, -0.15) is 0 Å². The normalized spacial score (nSPS) is 15.4. The first-order valence-electron chi connectivity index (χ1n) is 8.50. The van der Waals surface area contributed by atoms with Gasteiger partial charge in [0.25, 0.3) is 5.91 Å². The molecule has 26 heavy (non-hydrogen) atoms. The van der Waals surface area contributed by atoms with Gasteiger partial charge in [0.05, 0.1) is 17.2 Å². The molecule has 3 rings (SSSR count). The van der Waals surface area contributed by atoms with Crippen LogP contribution in [0.25, 0.3) is 0 Å². The second-order valence-electron chi connectivity index (χ2n) is 6.30. The number of sulfonamides is 1. The summed E-state index contributed by atoms with van der Waals surface area (Å²) in [5, 5.41) is 0. The number of carbonyl (C=O) groups is 1. The number of amides is 1. The third-order valence-corrected chi connectivity index (χ3v) is 5.78. The van der Waals surface area contributed by atoms with Crippen LogP contribution in [-0.2, 0) is 10.0 Å². The molecule has 0 aliphatic heterocycles. The molecular formula is C19H22N2O4S. The highest BCUT2D eigenvalue weighted by Crippen LogP contribution is 2.35. The molecule has 1 N–H and O–H groups in total. The molecular weight excluding hydrogens is 352 g/mol. The van der Waals surface area contributed by atoms with E-state index in [1.165, 1.54) is 18.2 Å². The minimum Gasteiger partial charge on any atom is -0.467 e. The monoisotopic (exact) mass is 374 g/mol. The van der Waals surface area contributed by atoms with Crippen molar-refractivity contribution in [3.63, 3.8) is 0 Å². The van der Waals surface area contributed by atoms with Crippen LogP contribution >= 0.6 is 0 Å². The van der Waals surface area contributed by atoms with E-state index in [4.69, 9.17) is 4.42 Å². The lowest BCUT2D eigenvalue weighted by Crippen LogP contribution is -2.35. The number of nitrogens with zero attached hydrogens (tertiary/aromatic N) is 1. The number of nitrogens with one attached hydrogen (secondary N) is 1. The van der Waals surface area contributed by atoms with E-state index in [0.29, 0.717) is 11.3 Å². The second kappa shape index (κ2) is 7.47. The number of carbonyl (C=O) groups excluding carboxylic acids is 1. The topological polar surface area (TPSA) is 79.6 Å². The molecule has 0 saturated heterocycles. The van der Waals surface area contributed by atoms with E-state index in [1.54, 1.807) is 29.4 Å². The molecule has 6 nitrogen and oxygen atoms in total. The van der Waals surface area contributed by atoms with Gasteiger partial charge in [-0.05, 0) is 50.1 Å². The van der Waals surface area contributed by atoms with E-state index < -0.39 is 10.0 Å². The van der Waals surface area contributed by atoms with Crippen LogP contribution < -0.4 is 4.72 Å². The molecule has 0 bridgehead atoms. The Morgan fingerprint density at radius 3 is 2.77 bits per heavy atom. The van der Waals surface area contributed by atoms with Crippen molar-refractivity contribution in [1.29, 1.82) is 0 Å². The lowest BCUT2D eigenvalue weighted by atomic mass is 10.1. The molecule has 1 aromatic carbocycles. The molecule has 7 heteroatoms. The third-order valence-electron chi connectivity index (χ3n) is 4.36. The van der Waals surface area contributed by atoms with Crippen molar-refractivity contribution in [1.82, 2.24) is 9.62 Å². The van der Waals surface area contributed by atoms with Crippen molar-refractivity contribution in [3.8, 4) is 0 Å². The summed E-state index contributed by atoms with van der Waals surface area (Å²) in [7, 11) is -3.68. The molecule has 1 saturated carbocycles. The van der Waals surface area contributed by atoms with Crippen molar-refractivity contribution in [2.45, 2.75) is 36.7 Å². The summed E-state index contributed by atoms with van der Waals surface area (Å²) in [5.41, 5.74) is 0.344. The van der Waals surface area contributed by atoms with Gasteiger partial charge in [0.1, 0.15) is 5.76 Å². The molecule has 0 radical (unpaired) electrons. The Morgan fingerprint density at radius 1 is 1.38 bits per heavy atom. The van der Waals surface area contributed by atoms with Crippen LogP contribution in [0.5, 0.6) is 0 Å². The van der Waals surface area contributed by atoms with E-state index in [0.717, 1.165) is 12.8 Å². The highest BCUT2D eigenvalue weighted by molar-refractivity contribution is 7.89. The molecule has 1 aromatic heterocycles. The van der Waals surface area contributed by atoms with Crippen LogP contribution in [0.15, 0.2) is 64.6 Å². The SMILES string of the molecule is C=CCNS(=O)(=O)c1cccc(C(=O)N(C2CC2)C(C)c2ccco2)c1. The van der Waals surface area contributed by atoms with Gasteiger partial charge in [0, 0.05) is 18.2 Å². The van der Waals surface area contributed by atoms with Gasteiger partial charge in [-0.3, -0.25) is 4.79 Å². The predicted octanol–water partition coefficient (Wildman–Crippen LogP) is 3.11. The fourth-order valence-electron chi connectivity index (χ4n) is 2.87. The summed E-state index contributed by atoms with van der Waals surface area (Å²) in [4.78, 5) is 15.0. The van der Waals surface area contributed by atoms with Gasteiger partial charge in [0.2, 0.25) is 10.0 Å². The number of rotatable bonds is 8. The first kappa shape index (κ1) is 18.4. The maximum Gasteiger partial charge on any atom is 0.254 e. The van der Waals surface area contributed by atoms with Gasteiger partial charge < -0.3 is 9.32 Å². The Balaban J connectivity index is 1.88. The van der Waals surface area contributed by atoms with Gasteiger partial charge in [-0.1, -0.05) is 12.1 Å². The fourth-order valence-corrected chi connectivity index (χ4v) is 3.92. The molecule has 1 amide bonds. The fraction of sp³-hybridized carbons (Fsp3) is 0.316. The van der Waals surface area contributed by atoms with Crippen molar-refractivity contribution >= 4 is 15.9 Å². The molecule has 1 aliphatic rings. The molecule has 1 fully saturated rings. The molecule has 1 aliphatic carbocycles. The number of furan rings is 1. The summed E-state index contributed by atoms with van der Waals surface area (Å²) in [6.07, 6.45) is 4.93. The quantitative estimate of drug-likeness (QED) is 0.720. The largest absolute Gasteiger partial charge is 0.467 e. The van der Waals surface area contributed by atoms with Crippen LogP contribution in [-0.4, -0.2) is 31.8 Å². The highest BCUT2D eigenvalue weighted by atomic mass is 32.2. The summed E-state index contributed by atoms with van der Waals surface area (Å²) >= 11 is 0. The van der Waals surface area contributed by atoms with Gasteiger partial charge >= 0.3 is 0 Å². The Bertz CT molecular complexity index is 886. The number of benzene rings is 1. The lowest BCUT2D eigenvalue weighted by molar-refractivity contribution is 0.0652. The summed E-state index contributed by atoms with van der Waals surface area (Å²) < 4.78 is 32.5. The zero-order valence-corrected chi connectivity index (χ0v) is 15.4. The minimum atomic E-state index is -3.68. The summed E-state index contributed by atoms with van der Waals surface area (Å²) in [6, 6.07) is 9.67. The maximum atomic E-state index is 13.1. The molecule has 1 heterocycles. The number of hydrogen-bond donors (Lipinski definition) is 1. The Hall–Kier alpha value is -2.38. The zero-order valence-electron chi connectivity index (χ0n) is 14.6. The van der Waals surface area contributed by atoms with Crippen molar-refractivity contribution in [3.05, 3.63) is 66.6 Å². The average molecular weight is 374 g/mol. The van der Waals surface area contributed by atoms with Crippen molar-refractivity contribution < 1.29 is 17.6 Å². The van der Waals surface area contributed by atoms with Gasteiger partial charge in [-0.25, -0.2) is 13.1 Å². The van der Waals surface area contributed by atoms with E-state index in [2.05, 4.69) is 11.3 Å². The van der Waals surface area contributed by atoms with Crippen LogP contribution in [0.2, 0.25) is 0 Å². The van der Waals surface area contributed by atoms with Crippen molar-refractivity contribution in [2.24, 2.45) is 0 Å². The lowest BCUT2D eigenvalue weighted by Gasteiger charge is -2.28. The zero-order chi connectivity index (χ0) is 18.7. The third kappa shape index (κ3) is 3.89. The first-order valence-corrected chi connectivity index (χ1v) is 9.99. The van der Waals surface area contributed by atoms with E-state index in [-0.39, 0.29) is 29.4 Å². The van der Waals surface area contributed by atoms with E-state index in [1.807, 2.05) is 13.0 Å². The van der Waals surface area contributed by atoms with E-state index >= 15 is 0 Å². The first-order chi connectivity index (χ1) is 12.4. The average Bonchev–Trinajstić information content (AvgIpc) is 3.31. The van der Waals surface area contributed by atoms with Crippen molar-refractivity contribution in [2.75, 3.05) is 6.54 Å². The van der Waals surface area contributed by atoms with Gasteiger partial charge in [0.15, 0.2) is 0 Å². The Kier molecular flexibility index (Phi) is 5.29. The van der Waals surface area contributed by atoms with E-state index in [9.17, 15) is 13.2 Å². The van der Waals surface area contributed by atoms with Crippen LogP contribution in [0.4, 0.5) is 0 Å². The van der Waals surface area contributed by atoms with Gasteiger partial charge in [-0.15, -0.1) is 6.58 Å². The molecule has 1 unspecified atom stereocenters. The van der Waals surface area contributed by atoms with Crippen LogP contribution in [0, 0.1) is 0 Å². The summed E-state index contributed by atoms with van der Waals surface area (Å²) in [6.45, 7) is 5.55. The smallest absolute Gasteiger partial charge is 0.254 e. The predicted molar refractivity (Wildman–Crippen MR) is 98.1 cm³/mol. The number of hydrogen-bond acceptors (Lipinski definition) is 4. The highest BCUT2D eigenvalue weighted by Gasteiger charge is 2.37. The Morgan fingerprint density at radius 2 is 2.15 bits per heavy atom. The summed E-state index contributed by atoms with van der Waals surface area (Å²) in [5.74, 6) is 0.513. The standard InChI is InChI=1S/C19H22N2O4S/c1-3-11-20-26(23,24)17-7-4-6-15(13-17)19(22)21(16-9-10-16)14(2)18-8-5-12-25-18/h3-8,12-14,16,20H,1,9-11H2,2H3. The molecule has 138 valence electrons. The Labute approximate surface area is 153 Å². The van der Waals surface area contributed by atoms with Crippen LogP contribution in [0.1, 0.15) is 41.9 Å². The van der Waals surface area contributed by atoms with Crippen LogP contribution in [0.3, 0.4) is 0 Å². The minimum absolute atomic E-state index is 0.0617. The molecule has 2 aromatic rings. The second-order valence-corrected chi connectivity index (χ2v) is 8.07. The molecule has 1 atom stereocenters. The maximum absolute atomic E-state index is 13.1. The molecule has 0 spiro atoms.